The molecule has 27 heavy (non-hydrogen) atoms. The Morgan fingerprint density at radius 3 is 2.85 bits per heavy atom. The fourth-order valence-electron chi connectivity index (χ4n) is 3.25. The van der Waals surface area contributed by atoms with Crippen molar-refractivity contribution in [1.82, 2.24) is 35.3 Å². The lowest BCUT2D eigenvalue weighted by Crippen LogP contribution is -2.57. The van der Waals surface area contributed by atoms with Crippen molar-refractivity contribution in [2.45, 2.75) is 19.9 Å². The Hall–Kier alpha value is -3.56. The van der Waals surface area contributed by atoms with Crippen molar-refractivity contribution in [3.63, 3.8) is 0 Å². The van der Waals surface area contributed by atoms with Crippen molar-refractivity contribution >= 4 is 17.5 Å². The van der Waals surface area contributed by atoms with Gasteiger partial charge >= 0.3 is 0 Å². The van der Waals surface area contributed by atoms with Gasteiger partial charge < -0.3 is 9.80 Å². The largest absolute Gasteiger partial charge is 0.325 e. The topological polar surface area (TPSA) is 113 Å². The van der Waals surface area contributed by atoms with Gasteiger partial charge in [-0.3, -0.25) is 14.7 Å². The summed E-state index contributed by atoms with van der Waals surface area (Å²) < 4.78 is 1.33. The lowest BCUT2D eigenvalue weighted by atomic mass is 10.1. The summed E-state index contributed by atoms with van der Waals surface area (Å²) in [5, 5.41) is 17.6. The Kier molecular flexibility index (Phi) is 4.15. The first kappa shape index (κ1) is 16.9. The molecule has 1 fully saturated rings. The van der Waals surface area contributed by atoms with Crippen LogP contribution in [0.3, 0.4) is 0 Å². The average molecular weight is 366 g/mol. The van der Waals surface area contributed by atoms with Gasteiger partial charge in [-0.1, -0.05) is 18.2 Å². The molecule has 3 aromatic rings. The Morgan fingerprint density at radius 1 is 1.30 bits per heavy atom. The first-order valence-corrected chi connectivity index (χ1v) is 8.50. The number of carbonyl (C=O) groups excluding carboxylic acids is 2. The number of H-pyrrole nitrogens is 1. The summed E-state index contributed by atoms with van der Waals surface area (Å²) in [5.41, 5.74) is 2.21. The number of anilines is 1. The van der Waals surface area contributed by atoms with Crippen molar-refractivity contribution in [3.05, 3.63) is 47.9 Å². The van der Waals surface area contributed by atoms with E-state index < -0.39 is 0 Å². The third-order valence-corrected chi connectivity index (χ3v) is 4.68. The van der Waals surface area contributed by atoms with Crippen LogP contribution in [0.2, 0.25) is 0 Å². The number of amides is 2. The maximum absolute atomic E-state index is 13.1. The van der Waals surface area contributed by atoms with E-state index in [4.69, 9.17) is 0 Å². The quantitative estimate of drug-likeness (QED) is 0.725. The summed E-state index contributed by atoms with van der Waals surface area (Å²) in [6, 6.07) is 7.57. The van der Waals surface area contributed by atoms with Crippen LogP contribution in [0.1, 0.15) is 22.8 Å². The highest BCUT2D eigenvalue weighted by Gasteiger charge is 2.35. The molecule has 1 aliphatic heterocycles. The number of aromatic amines is 1. The van der Waals surface area contributed by atoms with Crippen LogP contribution in [-0.4, -0.2) is 66.3 Å². The highest BCUT2D eigenvalue weighted by atomic mass is 16.2. The number of hydrogen-bond acceptors (Lipinski definition) is 6. The molecule has 2 amide bonds. The van der Waals surface area contributed by atoms with Gasteiger partial charge in [-0.2, -0.15) is 9.78 Å². The van der Waals surface area contributed by atoms with E-state index in [0.29, 0.717) is 17.9 Å². The molecule has 1 atom stereocenters. The van der Waals surface area contributed by atoms with Gasteiger partial charge in [-0.15, -0.1) is 5.10 Å². The second-order valence-corrected chi connectivity index (χ2v) is 6.46. The number of aromatic nitrogens is 6. The number of nitrogens with one attached hydrogen (secondary N) is 1. The second-order valence-electron chi connectivity index (χ2n) is 6.46. The smallest absolute Gasteiger partial charge is 0.260 e. The van der Waals surface area contributed by atoms with Crippen molar-refractivity contribution in [2.24, 2.45) is 0 Å². The summed E-state index contributed by atoms with van der Waals surface area (Å²) in [6.45, 7) is 4.31. The molecule has 2 aromatic heterocycles. The van der Waals surface area contributed by atoms with Crippen LogP contribution in [0.5, 0.6) is 0 Å². The van der Waals surface area contributed by atoms with Gasteiger partial charge in [-0.25, -0.2) is 0 Å². The van der Waals surface area contributed by atoms with Crippen LogP contribution in [0.15, 0.2) is 36.8 Å². The van der Waals surface area contributed by atoms with Crippen molar-refractivity contribution in [2.75, 3.05) is 18.0 Å². The van der Waals surface area contributed by atoms with Crippen LogP contribution in [0.4, 0.5) is 5.69 Å². The number of tetrazole rings is 1. The van der Waals surface area contributed by atoms with Gasteiger partial charge in [0.1, 0.15) is 18.4 Å². The van der Waals surface area contributed by atoms with Crippen LogP contribution >= 0.6 is 0 Å². The molecule has 1 aromatic carbocycles. The zero-order valence-corrected chi connectivity index (χ0v) is 14.9. The minimum absolute atomic E-state index is 0.00540. The molecule has 0 radical (unpaired) electrons. The molecule has 0 bridgehead atoms. The monoisotopic (exact) mass is 366 g/mol. The van der Waals surface area contributed by atoms with E-state index in [0.717, 1.165) is 11.3 Å². The number of rotatable bonds is 3. The molecule has 0 aliphatic carbocycles. The summed E-state index contributed by atoms with van der Waals surface area (Å²) in [7, 11) is 0. The molecule has 0 spiro atoms. The Labute approximate surface area is 154 Å². The number of nitrogens with zero attached hydrogens (tertiary/aromatic N) is 7. The number of para-hydroxylation sites is 1. The molecule has 1 N–H and O–H groups in total. The number of piperazine rings is 1. The number of aryl methyl sites for hydroxylation is 1. The van der Waals surface area contributed by atoms with Crippen LogP contribution in [-0.2, 0) is 4.79 Å². The normalized spacial score (nSPS) is 17.4. The van der Waals surface area contributed by atoms with E-state index in [1.54, 1.807) is 9.80 Å². The first-order chi connectivity index (χ1) is 13.1. The number of benzene rings is 1. The summed E-state index contributed by atoms with van der Waals surface area (Å²) >= 11 is 0. The third-order valence-electron chi connectivity index (χ3n) is 4.68. The molecule has 4 rings (SSSR count). The molecule has 10 heteroatoms. The van der Waals surface area contributed by atoms with Crippen LogP contribution < -0.4 is 4.90 Å². The second kappa shape index (κ2) is 6.63. The van der Waals surface area contributed by atoms with Crippen molar-refractivity contribution < 1.29 is 9.59 Å². The molecule has 10 nitrogen and oxygen atoms in total. The SMILES string of the molecule is Cc1ccccc1N1C[C@H](C)N(C(=O)c2cn[nH]c2-n2cnnn2)CC1=O. The lowest BCUT2D eigenvalue weighted by molar-refractivity contribution is -0.121. The van der Waals surface area contributed by atoms with Crippen molar-refractivity contribution in [1.29, 1.82) is 0 Å². The number of carbonyl (C=O) groups is 2. The highest BCUT2D eigenvalue weighted by Crippen LogP contribution is 2.25. The molecule has 0 unspecified atom stereocenters. The van der Waals surface area contributed by atoms with Gasteiger partial charge in [0.25, 0.3) is 5.91 Å². The maximum Gasteiger partial charge on any atom is 0.260 e. The van der Waals surface area contributed by atoms with Gasteiger partial charge in [0.15, 0.2) is 5.82 Å². The molecule has 1 aliphatic rings. The van der Waals surface area contributed by atoms with E-state index in [-0.39, 0.29) is 24.4 Å². The predicted molar refractivity (Wildman–Crippen MR) is 95.3 cm³/mol. The van der Waals surface area contributed by atoms with Crippen LogP contribution in [0.25, 0.3) is 5.82 Å². The Balaban J connectivity index is 1.58. The third kappa shape index (κ3) is 2.94. The molecule has 0 saturated carbocycles. The van der Waals surface area contributed by atoms with Gasteiger partial charge in [0, 0.05) is 18.3 Å². The summed E-state index contributed by atoms with van der Waals surface area (Å²) in [4.78, 5) is 29.1. The fourth-order valence-corrected chi connectivity index (χ4v) is 3.25. The fraction of sp³-hybridized carbons (Fsp3) is 0.294. The minimum Gasteiger partial charge on any atom is -0.325 e. The van der Waals surface area contributed by atoms with E-state index in [1.807, 2.05) is 38.1 Å². The molecule has 1 saturated heterocycles. The Bertz CT molecular complexity index is 981. The van der Waals surface area contributed by atoms with E-state index in [2.05, 4.69) is 25.7 Å². The van der Waals surface area contributed by atoms with Gasteiger partial charge in [0.2, 0.25) is 5.91 Å². The predicted octanol–water partition coefficient (Wildman–Crippen LogP) is 0.571. The average Bonchev–Trinajstić information content (AvgIpc) is 3.34. The molecule has 3 heterocycles. The van der Waals surface area contributed by atoms with Crippen LogP contribution in [0, 0.1) is 6.92 Å². The lowest BCUT2D eigenvalue weighted by Gasteiger charge is -2.39. The minimum atomic E-state index is -0.292. The van der Waals surface area contributed by atoms with E-state index >= 15 is 0 Å². The zero-order chi connectivity index (χ0) is 19.0. The molecule has 138 valence electrons. The molecular formula is C17H18N8O2. The van der Waals surface area contributed by atoms with E-state index in [1.165, 1.54) is 17.2 Å². The number of hydrogen-bond donors (Lipinski definition) is 1. The summed E-state index contributed by atoms with van der Waals surface area (Å²) in [5.74, 6) is -0.0475. The van der Waals surface area contributed by atoms with Crippen molar-refractivity contribution in [3.8, 4) is 5.82 Å². The molecular weight excluding hydrogens is 348 g/mol. The zero-order valence-electron chi connectivity index (χ0n) is 14.9. The maximum atomic E-state index is 13.1. The highest BCUT2D eigenvalue weighted by molar-refractivity contribution is 6.03. The first-order valence-electron chi connectivity index (χ1n) is 8.50. The van der Waals surface area contributed by atoms with Gasteiger partial charge in [0.05, 0.1) is 6.20 Å². The van der Waals surface area contributed by atoms with Gasteiger partial charge in [-0.05, 0) is 35.9 Å². The van der Waals surface area contributed by atoms with E-state index in [9.17, 15) is 9.59 Å². The standard InChI is InChI=1S/C17H18N8O2/c1-11-5-3-4-6-14(11)24-8-12(2)23(9-15(24)26)17(27)13-7-18-20-16(13)25-10-19-21-22-25/h3-7,10,12H,8-9H2,1-2H3,(H,18,20)/t12-/m0/s1. The summed E-state index contributed by atoms with van der Waals surface area (Å²) in [6.07, 6.45) is 2.79. The Morgan fingerprint density at radius 2 is 2.11 bits per heavy atom.